The molecule has 3 rings (SSSR count). The van der Waals surface area contributed by atoms with Crippen molar-refractivity contribution >= 4 is 12.1 Å². The summed E-state index contributed by atoms with van der Waals surface area (Å²) in [5.41, 5.74) is 0.0926. The van der Waals surface area contributed by atoms with Gasteiger partial charge < -0.3 is 25.7 Å². The van der Waals surface area contributed by atoms with Crippen molar-refractivity contribution < 1.29 is 23.1 Å². The van der Waals surface area contributed by atoms with Gasteiger partial charge in [-0.2, -0.15) is 0 Å². The summed E-state index contributed by atoms with van der Waals surface area (Å²) in [5, 5.41) is 8.09. The summed E-state index contributed by atoms with van der Waals surface area (Å²) >= 11 is 0. The monoisotopic (exact) mass is 485 g/mol. The number of urea groups is 1. The number of carbonyl (C=O) groups is 2. The van der Waals surface area contributed by atoms with Gasteiger partial charge in [0.1, 0.15) is 23.1 Å². The molecular weight excluding hydrogens is 456 g/mol. The van der Waals surface area contributed by atoms with Gasteiger partial charge in [-0.25, -0.2) is 23.4 Å². The van der Waals surface area contributed by atoms with Crippen LogP contribution in [0.3, 0.4) is 0 Å². The Morgan fingerprint density at radius 3 is 2.43 bits per heavy atom. The zero-order valence-electron chi connectivity index (χ0n) is 19.8. The smallest absolute Gasteiger partial charge is 0.408 e. The van der Waals surface area contributed by atoms with Crippen LogP contribution in [-0.2, 0) is 11.2 Å². The summed E-state index contributed by atoms with van der Waals surface area (Å²) in [4.78, 5) is 32.4. The van der Waals surface area contributed by atoms with E-state index in [0.717, 1.165) is 11.6 Å². The van der Waals surface area contributed by atoms with E-state index in [2.05, 4.69) is 25.9 Å². The first-order valence-corrected chi connectivity index (χ1v) is 11.1. The van der Waals surface area contributed by atoms with Gasteiger partial charge in [0.2, 0.25) is 0 Å². The Labute approximate surface area is 202 Å². The Balaban J connectivity index is 1.72. The minimum absolute atomic E-state index is 0.00718. The van der Waals surface area contributed by atoms with E-state index in [1.807, 2.05) is 30.3 Å². The van der Waals surface area contributed by atoms with Gasteiger partial charge >= 0.3 is 12.1 Å². The van der Waals surface area contributed by atoms with Crippen molar-refractivity contribution in [1.29, 1.82) is 0 Å². The maximum absolute atomic E-state index is 14.5. The number of rotatable bonds is 8. The number of amides is 3. The van der Waals surface area contributed by atoms with Crippen LogP contribution in [0.15, 0.2) is 60.9 Å². The van der Waals surface area contributed by atoms with Crippen LogP contribution in [0, 0.1) is 11.6 Å². The number of nitrogens with zero attached hydrogens (tertiary/aromatic N) is 1. The largest absolute Gasteiger partial charge is 0.444 e. The first-order chi connectivity index (χ1) is 16.6. The second-order valence-electron chi connectivity index (χ2n) is 8.92. The number of aromatic amines is 1. The molecule has 0 saturated carbocycles. The molecule has 3 aromatic rings. The third kappa shape index (κ3) is 8.09. The minimum Gasteiger partial charge on any atom is -0.444 e. The highest BCUT2D eigenvalue weighted by Gasteiger charge is 2.24. The zero-order valence-corrected chi connectivity index (χ0v) is 19.8. The number of ether oxygens (including phenoxy) is 1. The van der Waals surface area contributed by atoms with E-state index in [4.69, 9.17) is 4.74 Å². The van der Waals surface area contributed by atoms with Crippen molar-refractivity contribution in [3.8, 4) is 0 Å². The van der Waals surface area contributed by atoms with Gasteiger partial charge in [0.25, 0.3) is 0 Å². The van der Waals surface area contributed by atoms with E-state index < -0.39 is 41.4 Å². The summed E-state index contributed by atoms with van der Waals surface area (Å²) in [6.07, 6.45) is 2.94. The van der Waals surface area contributed by atoms with Gasteiger partial charge in [0.05, 0.1) is 12.1 Å². The Morgan fingerprint density at radius 1 is 1.06 bits per heavy atom. The second kappa shape index (κ2) is 11.5. The summed E-state index contributed by atoms with van der Waals surface area (Å²) in [6.45, 7) is 4.90. The number of H-pyrrole nitrogens is 1. The Hall–Kier alpha value is -3.95. The molecule has 2 aromatic carbocycles. The predicted molar refractivity (Wildman–Crippen MR) is 126 cm³/mol. The molecule has 35 heavy (non-hydrogen) atoms. The van der Waals surface area contributed by atoms with Crippen molar-refractivity contribution in [2.24, 2.45) is 0 Å². The van der Waals surface area contributed by atoms with Gasteiger partial charge in [0, 0.05) is 37.0 Å². The summed E-state index contributed by atoms with van der Waals surface area (Å²) in [7, 11) is 0. The molecule has 186 valence electrons. The number of hydrogen-bond acceptors (Lipinski definition) is 4. The molecule has 0 fully saturated rings. The molecule has 2 unspecified atom stereocenters. The van der Waals surface area contributed by atoms with E-state index in [-0.39, 0.29) is 12.1 Å². The lowest BCUT2D eigenvalue weighted by molar-refractivity contribution is 0.0502. The van der Waals surface area contributed by atoms with Gasteiger partial charge in [-0.15, -0.1) is 0 Å². The number of aromatic nitrogens is 2. The van der Waals surface area contributed by atoms with Crippen LogP contribution in [0.25, 0.3) is 0 Å². The molecule has 1 heterocycles. The van der Waals surface area contributed by atoms with Crippen LogP contribution in [0.5, 0.6) is 0 Å². The molecule has 3 amide bonds. The van der Waals surface area contributed by atoms with E-state index in [1.165, 1.54) is 6.07 Å². The Bertz CT molecular complexity index is 1120. The minimum atomic E-state index is -1.00. The molecule has 0 aliphatic rings. The third-order valence-corrected chi connectivity index (χ3v) is 4.96. The first kappa shape index (κ1) is 25.7. The quantitative estimate of drug-likeness (QED) is 0.376. The van der Waals surface area contributed by atoms with Crippen molar-refractivity contribution in [2.75, 3.05) is 6.54 Å². The molecule has 0 spiro atoms. The number of hydrogen-bond donors (Lipinski definition) is 4. The maximum atomic E-state index is 14.5. The highest BCUT2D eigenvalue weighted by Crippen LogP contribution is 2.20. The van der Waals surface area contributed by atoms with Crippen molar-refractivity contribution in [1.82, 2.24) is 25.9 Å². The number of benzene rings is 2. The molecule has 0 aliphatic carbocycles. The second-order valence-corrected chi connectivity index (χ2v) is 8.92. The van der Waals surface area contributed by atoms with Crippen LogP contribution in [0.2, 0.25) is 0 Å². The topological polar surface area (TPSA) is 108 Å². The highest BCUT2D eigenvalue weighted by molar-refractivity contribution is 5.75. The van der Waals surface area contributed by atoms with Crippen LogP contribution < -0.4 is 16.0 Å². The summed E-state index contributed by atoms with van der Waals surface area (Å²) in [6, 6.07) is 10.4. The fraction of sp³-hybridized carbons (Fsp3) is 0.320. The number of alkyl carbamates (subject to hydrolysis) is 1. The average Bonchev–Trinajstić information content (AvgIpc) is 3.29. The average molecular weight is 486 g/mol. The first-order valence-electron chi connectivity index (χ1n) is 11.1. The number of nitrogens with one attached hydrogen (secondary N) is 4. The molecule has 10 heteroatoms. The van der Waals surface area contributed by atoms with E-state index in [0.29, 0.717) is 18.3 Å². The SMILES string of the molecule is CC(C)(C)OC(=O)NC(CNC(=O)NC(Cc1ncc[nH]1)c1ccccc1)c1ccc(F)cc1F. The third-order valence-electron chi connectivity index (χ3n) is 4.96. The molecule has 0 radical (unpaired) electrons. The summed E-state index contributed by atoms with van der Waals surface area (Å²) in [5.74, 6) is -0.915. The lowest BCUT2D eigenvalue weighted by atomic mass is 10.0. The Morgan fingerprint density at radius 2 is 1.80 bits per heavy atom. The van der Waals surface area contributed by atoms with Crippen molar-refractivity contribution in [3.63, 3.8) is 0 Å². The van der Waals surface area contributed by atoms with Crippen molar-refractivity contribution in [2.45, 2.75) is 44.9 Å². The van der Waals surface area contributed by atoms with E-state index in [1.54, 1.807) is 33.2 Å². The van der Waals surface area contributed by atoms with Gasteiger partial charge in [-0.3, -0.25) is 0 Å². The Kier molecular flexibility index (Phi) is 8.40. The van der Waals surface area contributed by atoms with E-state index >= 15 is 0 Å². The number of imidazole rings is 1. The number of halogens is 2. The fourth-order valence-electron chi connectivity index (χ4n) is 3.42. The molecule has 0 bridgehead atoms. The standard InChI is InChI=1S/C25H29F2N5O3/c1-25(2,3)35-24(34)32-21(18-10-9-17(26)13-19(18)27)15-30-23(33)31-20(14-22-28-11-12-29-22)16-7-5-4-6-8-16/h4-13,20-21H,14-15H2,1-3H3,(H,28,29)(H,32,34)(H2,30,31,33). The van der Waals surface area contributed by atoms with E-state index in [9.17, 15) is 18.4 Å². The molecule has 0 saturated heterocycles. The predicted octanol–water partition coefficient (Wildman–Crippen LogP) is 4.54. The van der Waals surface area contributed by atoms with Gasteiger partial charge in [0.15, 0.2) is 0 Å². The van der Waals surface area contributed by atoms with Crippen LogP contribution in [0.4, 0.5) is 18.4 Å². The van der Waals surface area contributed by atoms with Gasteiger partial charge in [-0.05, 0) is 32.4 Å². The lowest BCUT2D eigenvalue weighted by Crippen LogP contribution is -2.44. The molecule has 2 atom stereocenters. The highest BCUT2D eigenvalue weighted by atomic mass is 19.1. The molecule has 1 aromatic heterocycles. The fourth-order valence-corrected chi connectivity index (χ4v) is 3.42. The van der Waals surface area contributed by atoms with Crippen LogP contribution in [0.1, 0.15) is 49.8 Å². The maximum Gasteiger partial charge on any atom is 0.408 e. The van der Waals surface area contributed by atoms with Crippen molar-refractivity contribution in [3.05, 3.63) is 89.5 Å². The molecule has 8 nitrogen and oxygen atoms in total. The number of carbonyl (C=O) groups excluding carboxylic acids is 2. The molecule has 4 N–H and O–H groups in total. The normalized spacial score (nSPS) is 12.9. The summed E-state index contributed by atoms with van der Waals surface area (Å²) < 4.78 is 33.2. The lowest BCUT2D eigenvalue weighted by Gasteiger charge is -2.25. The van der Waals surface area contributed by atoms with Crippen LogP contribution in [-0.4, -0.2) is 34.2 Å². The van der Waals surface area contributed by atoms with Crippen LogP contribution >= 0.6 is 0 Å². The molecule has 0 aliphatic heterocycles. The zero-order chi connectivity index (χ0) is 25.4. The molecular formula is C25H29F2N5O3. The van der Waals surface area contributed by atoms with Gasteiger partial charge in [-0.1, -0.05) is 36.4 Å².